The van der Waals surface area contributed by atoms with Gasteiger partial charge in [0.2, 0.25) is 12.7 Å². The second-order valence-corrected chi connectivity index (χ2v) is 8.34. The first kappa shape index (κ1) is 20.3. The molecule has 1 amide bonds. The van der Waals surface area contributed by atoms with Crippen molar-refractivity contribution in [1.29, 1.82) is 0 Å². The average molecular weight is 444 g/mol. The molecule has 5 rings (SSSR count). The SMILES string of the molecule is O=C(CSc1nc2ccccc2nc1Cc1ccccc1)NCc1ccc2c(c1)OCO2. The van der Waals surface area contributed by atoms with E-state index in [1.807, 2.05) is 60.7 Å². The minimum atomic E-state index is -0.0618. The van der Waals surface area contributed by atoms with Crippen LogP contribution in [0.3, 0.4) is 0 Å². The zero-order chi connectivity index (χ0) is 21.8. The van der Waals surface area contributed by atoms with E-state index in [1.165, 1.54) is 11.8 Å². The van der Waals surface area contributed by atoms with Crippen LogP contribution in [0, 0.1) is 0 Å². The quantitative estimate of drug-likeness (QED) is 0.428. The standard InChI is InChI=1S/C25H21N3O3S/c29-24(26-14-18-10-11-22-23(13-18)31-16-30-22)15-32-25-21(12-17-6-2-1-3-7-17)27-19-8-4-5-9-20(19)28-25/h1-11,13H,12,14-16H2,(H,26,29). The fourth-order valence-electron chi connectivity index (χ4n) is 3.48. The molecule has 7 heteroatoms. The predicted molar refractivity (Wildman–Crippen MR) is 124 cm³/mol. The number of hydrogen-bond acceptors (Lipinski definition) is 6. The lowest BCUT2D eigenvalue weighted by Gasteiger charge is -2.10. The molecule has 0 spiro atoms. The number of carbonyl (C=O) groups excluding carboxylic acids is 1. The number of amides is 1. The molecule has 4 aromatic rings. The number of fused-ring (bicyclic) bond motifs is 2. The summed E-state index contributed by atoms with van der Waals surface area (Å²) in [6.07, 6.45) is 0.666. The molecule has 0 saturated heterocycles. The zero-order valence-electron chi connectivity index (χ0n) is 17.3. The van der Waals surface area contributed by atoms with E-state index in [-0.39, 0.29) is 18.5 Å². The van der Waals surface area contributed by atoms with Crippen molar-refractivity contribution in [1.82, 2.24) is 15.3 Å². The van der Waals surface area contributed by atoms with Crippen LogP contribution in [-0.2, 0) is 17.8 Å². The van der Waals surface area contributed by atoms with E-state index in [4.69, 9.17) is 19.4 Å². The Morgan fingerprint density at radius 2 is 1.62 bits per heavy atom. The molecule has 160 valence electrons. The Labute approximate surface area is 190 Å². The summed E-state index contributed by atoms with van der Waals surface area (Å²) in [5.41, 5.74) is 4.68. The number of rotatable bonds is 7. The van der Waals surface area contributed by atoms with Crippen molar-refractivity contribution in [3.05, 3.63) is 89.6 Å². The monoisotopic (exact) mass is 443 g/mol. The molecule has 32 heavy (non-hydrogen) atoms. The number of carbonyl (C=O) groups is 1. The van der Waals surface area contributed by atoms with Gasteiger partial charge < -0.3 is 14.8 Å². The van der Waals surface area contributed by atoms with Crippen LogP contribution in [0.2, 0.25) is 0 Å². The second kappa shape index (κ2) is 9.28. The number of nitrogens with one attached hydrogen (secondary N) is 1. The summed E-state index contributed by atoms with van der Waals surface area (Å²) in [6.45, 7) is 0.663. The molecule has 0 bridgehead atoms. The van der Waals surface area contributed by atoms with Crippen LogP contribution in [0.15, 0.2) is 77.8 Å². The third-order valence-electron chi connectivity index (χ3n) is 5.09. The molecule has 1 aliphatic heterocycles. The highest BCUT2D eigenvalue weighted by atomic mass is 32.2. The Morgan fingerprint density at radius 1 is 0.875 bits per heavy atom. The van der Waals surface area contributed by atoms with Gasteiger partial charge in [-0.25, -0.2) is 9.97 Å². The molecule has 0 saturated carbocycles. The fourth-order valence-corrected chi connectivity index (χ4v) is 4.29. The minimum absolute atomic E-state index is 0.0618. The molecule has 0 atom stereocenters. The average Bonchev–Trinajstić information content (AvgIpc) is 3.30. The van der Waals surface area contributed by atoms with Crippen molar-refractivity contribution in [2.75, 3.05) is 12.5 Å². The van der Waals surface area contributed by atoms with Crippen LogP contribution in [0.5, 0.6) is 11.5 Å². The van der Waals surface area contributed by atoms with Gasteiger partial charge in [0.05, 0.1) is 22.5 Å². The lowest BCUT2D eigenvalue weighted by molar-refractivity contribution is -0.118. The predicted octanol–water partition coefficient (Wildman–Crippen LogP) is 4.36. The number of para-hydroxylation sites is 2. The molecule has 0 radical (unpaired) electrons. The van der Waals surface area contributed by atoms with E-state index >= 15 is 0 Å². The van der Waals surface area contributed by atoms with Crippen molar-refractivity contribution in [3.63, 3.8) is 0 Å². The summed E-state index contributed by atoms with van der Waals surface area (Å²) in [7, 11) is 0. The topological polar surface area (TPSA) is 73.3 Å². The molecular formula is C25H21N3O3S. The van der Waals surface area contributed by atoms with Gasteiger partial charge >= 0.3 is 0 Å². The summed E-state index contributed by atoms with van der Waals surface area (Å²) in [6, 6.07) is 23.7. The molecule has 6 nitrogen and oxygen atoms in total. The van der Waals surface area contributed by atoms with Gasteiger partial charge in [-0.1, -0.05) is 60.3 Å². The molecule has 1 aliphatic rings. The number of ether oxygens (including phenoxy) is 2. The maximum absolute atomic E-state index is 12.5. The molecular weight excluding hydrogens is 422 g/mol. The largest absolute Gasteiger partial charge is 0.454 e. The van der Waals surface area contributed by atoms with Gasteiger partial charge in [0.15, 0.2) is 11.5 Å². The summed E-state index contributed by atoms with van der Waals surface area (Å²) in [5, 5.41) is 3.75. The zero-order valence-corrected chi connectivity index (χ0v) is 18.1. The van der Waals surface area contributed by atoms with Crippen molar-refractivity contribution < 1.29 is 14.3 Å². The maximum atomic E-state index is 12.5. The fraction of sp³-hybridized carbons (Fsp3) is 0.160. The van der Waals surface area contributed by atoms with E-state index in [0.29, 0.717) is 18.7 Å². The van der Waals surface area contributed by atoms with Gasteiger partial charge in [-0.15, -0.1) is 0 Å². The first-order chi connectivity index (χ1) is 15.7. The lowest BCUT2D eigenvalue weighted by atomic mass is 10.1. The van der Waals surface area contributed by atoms with E-state index in [2.05, 4.69) is 17.4 Å². The van der Waals surface area contributed by atoms with Crippen LogP contribution in [0.1, 0.15) is 16.8 Å². The van der Waals surface area contributed by atoms with Crippen molar-refractivity contribution in [2.24, 2.45) is 0 Å². The Bertz CT molecular complexity index is 1260. The van der Waals surface area contributed by atoms with Gasteiger partial charge in [-0.2, -0.15) is 0 Å². The number of aromatic nitrogens is 2. The number of thioether (sulfide) groups is 1. The summed E-state index contributed by atoms with van der Waals surface area (Å²) in [5.74, 6) is 1.65. The summed E-state index contributed by atoms with van der Waals surface area (Å²) < 4.78 is 10.7. The summed E-state index contributed by atoms with van der Waals surface area (Å²) >= 11 is 1.41. The molecule has 0 fully saturated rings. The van der Waals surface area contributed by atoms with E-state index in [0.717, 1.165) is 38.6 Å². The Kier molecular flexibility index (Phi) is 5.89. The minimum Gasteiger partial charge on any atom is -0.454 e. The van der Waals surface area contributed by atoms with Crippen LogP contribution in [0.25, 0.3) is 11.0 Å². The smallest absolute Gasteiger partial charge is 0.231 e. The van der Waals surface area contributed by atoms with Crippen LogP contribution >= 0.6 is 11.8 Å². The molecule has 0 aliphatic carbocycles. The van der Waals surface area contributed by atoms with Crippen LogP contribution < -0.4 is 14.8 Å². The summed E-state index contributed by atoms with van der Waals surface area (Å²) in [4.78, 5) is 22.1. The number of hydrogen-bond donors (Lipinski definition) is 1. The van der Waals surface area contributed by atoms with E-state index in [9.17, 15) is 4.79 Å². The highest BCUT2D eigenvalue weighted by Gasteiger charge is 2.15. The molecule has 1 aromatic heterocycles. The van der Waals surface area contributed by atoms with Crippen LogP contribution in [-0.4, -0.2) is 28.4 Å². The van der Waals surface area contributed by atoms with Gasteiger partial charge in [-0.3, -0.25) is 4.79 Å². The first-order valence-corrected chi connectivity index (χ1v) is 11.3. The highest BCUT2D eigenvalue weighted by molar-refractivity contribution is 7.99. The van der Waals surface area contributed by atoms with Gasteiger partial charge in [0, 0.05) is 13.0 Å². The van der Waals surface area contributed by atoms with Gasteiger partial charge in [-0.05, 0) is 35.4 Å². The lowest BCUT2D eigenvalue weighted by Crippen LogP contribution is -2.24. The first-order valence-electron chi connectivity index (χ1n) is 10.3. The molecule has 0 unspecified atom stereocenters. The van der Waals surface area contributed by atoms with Crippen molar-refractivity contribution in [3.8, 4) is 11.5 Å². The van der Waals surface area contributed by atoms with E-state index < -0.39 is 0 Å². The molecule has 1 N–H and O–H groups in total. The van der Waals surface area contributed by atoms with Crippen molar-refractivity contribution in [2.45, 2.75) is 18.0 Å². The van der Waals surface area contributed by atoms with Gasteiger partial charge in [0.1, 0.15) is 5.03 Å². The maximum Gasteiger partial charge on any atom is 0.231 e. The molecule has 3 aromatic carbocycles. The van der Waals surface area contributed by atoms with E-state index in [1.54, 1.807) is 0 Å². The third-order valence-corrected chi connectivity index (χ3v) is 6.09. The highest BCUT2D eigenvalue weighted by Crippen LogP contribution is 2.32. The Morgan fingerprint density at radius 3 is 2.47 bits per heavy atom. The normalized spacial score (nSPS) is 12.1. The Balaban J connectivity index is 1.27. The van der Waals surface area contributed by atoms with Gasteiger partial charge in [0.25, 0.3) is 0 Å². The van der Waals surface area contributed by atoms with Crippen LogP contribution in [0.4, 0.5) is 0 Å². The number of nitrogens with zero attached hydrogens (tertiary/aromatic N) is 2. The second-order valence-electron chi connectivity index (χ2n) is 7.38. The van der Waals surface area contributed by atoms with Crippen molar-refractivity contribution >= 4 is 28.7 Å². The number of benzene rings is 3. The third kappa shape index (κ3) is 4.68. The Hall–Kier alpha value is -3.58. The molecule has 2 heterocycles.